The first-order chi connectivity index (χ1) is 73.4. The predicted molar refractivity (Wildman–Crippen MR) is 626 cm³/mol. The van der Waals surface area contributed by atoms with Gasteiger partial charge in [0.15, 0.2) is 0 Å². The minimum atomic E-state index is 1.08. The maximum atomic E-state index is 2.42. The molecule has 6 heteroatoms. The highest BCUT2D eigenvalue weighted by atomic mass is 15.2. The van der Waals surface area contributed by atoms with Crippen molar-refractivity contribution < 1.29 is 0 Å². The van der Waals surface area contributed by atoms with Gasteiger partial charge in [-0.15, -0.1) is 0 Å². The lowest BCUT2D eigenvalue weighted by Crippen LogP contribution is -2.10. The van der Waals surface area contributed by atoms with E-state index in [0.717, 1.165) is 62.3 Å². The van der Waals surface area contributed by atoms with Gasteiger partial charge in [-0.3, -0.25) is 0 Å². The Hall–Kier alpha value is -19.7. The molecule has 694 valence electrons. The van der Waals surface area contributed by atoms with Crippen LogP contribution in [0.5, 0.6) is 0 Å². The molecule has 0 aliphatic heterocycles. The second-order valence-electron chi connectivity index (χ2n) is 38.2. The standard InChI is InChI=1S/C72H49N3.C70H47N3/c1-4-14-50(15-5-1)51-24-26-52(27-25-51)54-32-40-62(41-33-54)73(64-44-36-57(37-45-64)59-38-46-67-65-20-10-12-22-69(65)75(72(67)49-59)61-18-8-3-9-19-61)63-42-34-55(35-43-63)53-28-30-56(31-29-53)58-39-47-71-68(48-58)66-21-11-13-23-70(66)74(71)60-16-6-2-7-17-60;1-4-16-48(17-5-1)49-28-30-50(31-29-49)51-32-38-57(39-33-51)71(58-40-34-52(35-41-58)53-36-42-64-62-24-12-14-26-66(62)73(70(64)47-53)56-20-8-3-9-21-56)68-45-43-59(60-22-10-11-23-61(60)68)54-37-44-69-65(46-54)63-25-13-15-27-67(63)72(69)55-18-6-2-7-19-55/h1-49H;1-47H. The van der Waals surface area contributed by atoms with E-state index in [0.29, 0.717) is 0 Å². The van der Waals surface area contributed by atoms with Crippen molar-refractivity contribution in [3.63, 3.8) is 0 Å². The molecule has 24 aromatic carbocycles. The van der Waals surface area contributed by atoms with E-state index >= 15 is 0 Å². The van der Waals surface area contributed by atoms with Gasteiger partial charge in [-0.1, -0.05) is 406 Å². The first-order valence-electron chi connectivity index (χ1n) is 50.8. The van der Waals surface area contributed by atoms with Gasteiger partial charge in [0.25, 0.3) is 0 Å². The molecular formula is C142H96N6. The summed E-state index contributed by atoms with van der Waals surface area (Å²) in [6.45, 7) is 0. The average molecular weight is 1890 g/mol. The van der Waals surface area contributed by atoms with Gasteiger partial charge in [-0.25, -0.2) is 0 Å². The lowest BCUT2D eigenvalue weighted by atomic mass is 9.95. The Bertz CT molecular complexity index is 9790. The van der Waals surface area contributed by atoms with Crippen molar-refractivity contribution in [2.75, 3.05) is 9.80 Å². The number of hydrogen-bond acceptors (Lipinski definition) is 2. The third-order valence-corrected chi connectivity index (χ3v) is 29.7. The molecule has 0 bridgehead atoms. The van der Waals surface area contributed by atoms with Gasteiger partial charge in [0.1, 0.15) is 0 Å². The summed E-state index contributed by atoms with van der Waals surface area (Å²) in [7, 11) is 0. The summed E-state index contributed by atoms with van der Waals surface area (Å²) in [6.07, 6.45) is 0. The van der Waals surface area contributed by atoms with Gasteiger partial charge >= 0.3 is 0 Å². The molecule has 0 unspecified atom stereocenters. The fourth-order valence-electron chi connectivity index (χ4n) is 22.5. The van der Waals surface area contributed by atoms with E-state index in [1.165, 1.54) is 193 Å². The van der Waals surface area contributed by atoms with Crippen LogP contribution in [0.25, 0.3) is 221 Å². The molecular weight excluding hydrogens is 1790 g/mol. The van der Waals surface area contributed by atoms with E-state index in [1.807, 2.05) is 0 Å². The number of hydrogen-bond donors (Lipinski definition) is 0. The Morgan fingerprint density at radius 3 is 0.635 bits per heavy atom. The summed E-state index contributed by atoms with van der Waals surface area (Å²) in [5, 5.41) is 12.4. The van der Waals surface area contributed by atoms with E-state index in [-0.39, 0.29) is 0 Å². The third-order valence-electron chi connectivity index (χ3n) is 29.7. The van der Waals surface area contributed by atoms with Crippen LogP contribution >= 0.6 is 0 Å². The molecule has 28 aromatic rings. The molecule has 0 saturated carbocycles. The summed E-state index contributed by atoms with van der Waals surface area (Å²) in [6, 6.07) is 212. The summed E-state index contributed by atoms with van der Waals surface area (Å²) in [5.74, 6) is 0. The monoisotopic (exact) mass is 1880 g/mol. The Balaban J connectivity index is 0.000000146. The van der Waals surface area contributed by atoms with Crippen LogP contribution in [0.4, 0.5) is 34.1 Å². The first-order valence-corrected chi connectivity index (χ1v) is 50.8. The lowest BCUT2D eigenvalue weighted by Gasteiger charge is -2.28. The second kappa shape index (κ2) is 37.7. The molecule has 0 saturated heterocycles. The SMILES string of the molecule is c1ccc(-c2ccc(-c3ccc(N(c4ccc(-c5ccc(-c6ccc7c(c6)c6ccccc6n7-c6ccccc6)cc5)cc4)c4ccc(-c5ccc6c7ccccc7n(-c7ccccc7)c6c5)cc4)cc3)cc2)cc1.c1ccc(-c2ccc(-c3ccc(N(c4ccc(-c5ccc6c7ccccc7n(-c7ccccc7)c6c5)cc4)c4ccc(-c5ccc6c(c5)c5ccccc5n6-c5ccccc5)c5ccccc45)cc3)cc2)cc1. The van der Waals surface area contributed by atoms with Crippen molar-refractivity contribution in [1.29, 1.82) is 0 Å². The summed E-state index contributed by atoms with van der Waals surface area (Å²) in [4.78, 5) is 4.78. The zero-order valence-electron chi connectivity index (χ0n) is 81.1. The van der Waals surface area contributed by atoms with Gasteiger partial charge in [-0.05, 0) is 281 Å². The van der Waals surface area contributed by atoms with Crippen molar-refractivity contribution in [2.45, 2.75) is 0 Å². The van der Waals surface area contributed by atoms with Gasteiger partial charge in [-0.2, -0.15) is 0 Å². The van der Waals surface area contributed by atoms with Crippen molar-refractivity contribution in [3.05, 3.63) is 582 Å². The Morgan fingerprint density at radius 1 is 0.108 bits per heavy atom. The molecule has 0 fully saturated rings. The fraction of sp³-hybridized carbons (Fsp3) is 0. The molecule has 6 nitrogen and oxygen atoms in total. The van der Waals surface area contributed by atoms with Gasteiger partial charge in [0.05, 0.1) is 49.8 Å². The quantitative estimate of drug-likeness (QED) is 0.0806. The number of rotatable bonds is 19. The van der Waals surface area contributed by atoms with Crippen LogP contribution in [0.1, 0.15) is 0 Å². The molecule has 0 aliphatic rings. The van der Waals surface area contributed by atoms with Crippen LogP contribution in [0.3, 0.4) is 0 Å². The maximum absolute atomic E-state index is 2.42. The number of fused-ring (bicyclic) bond motifs is 13. The minimum absolute atomic E-state index is 1.08. The van der Waals surface area contributed by atoms with Crippen LogP contribution < -0.4 is 9.80 Å². The van der Waals surface area contributed by atoms with Crippen LogP contribution in [-0.4, -0.2) is 18.3 Å². The van der Waals surface area contributed by atoms with E-state index in [1.54, 1.807) is 0 Å². The Labute approximate surface area is 859 Å². The highest BCUT2D eigenvalue weighted by Crippen LogP contribution is 2.48. The summed E-state index contributed by atoms with van der Waals surface area (Å²) in [5.41, 5.74) is 42.2. The van der Waals surface area contributed by atoms with Crippen molar-refractivity contribution in [2.24, 2.45) is 0 Å². The molecule has 0 amide bonds. The zero-order chi connectivity index (χ0) is 97.9. The van der Waals surface area contributed by atoms with Crippen molar-refractivity contribution in [3.8, 4) is 123 Å². The van der Waals surface area contributed by atoms with Crippen LogP contribution in [0, 0.1) is 0 Å². The molecule has 28 rings (SSSR count). The van der Waals surface area contributed by atoms with E-state index in [2.05, 4.69) is 610 Å². The normalized spacial score (nSPS) is 11.5. The first kappa shape index (κ1) is 87.4. The number of aromatic nitrogens is 4. The molecule has 0 N–H and O–H groups in total. The smallest absolute Gasteiger partial charge is 0.0547 e. The topological polar surface area (TPSA) is 26.2 Å². The van der Waals surface area contributed by atoms with Crippen LogP contribution in [-0.2, 0) is 0 Å². The molecule has 0 radical (unpaired) electrons. The molecule has 148 heavy (non-hydrogen) atoms. The number of benzene rings is 24. The number of nitrogens with zero attached hydrogens (tertiary/aromatic N) is 6. The summed E-state index contributed by atoms with van der Waals surface area (Å²) < 4.78 is 9.52. The highest BCUT2D eigenvalue weighted by molar-refractivity contribution is 6.16. The maximum Gasteiger partial charge on any atom is 0.0547 e. The molecule has 4 aromatic heterocycles. The fourth-order valence-corrected chi connectivity index (χ4v) is 22.5. The van der Waals surface area contributed by atoms with Crippen molar-refractivity contribution >= 4 is 132 Å². The van der Waals surface area contributed by atoms with Crippen LogP contribution in [0.2, 0.25) is 0 Å². The Kier molecular flexibility index (Phi) is 22.2. The van der Waals surface area contributed by atoms with E-state index in [9.17, 15) is 0 Å². The minimum Gasteiger partial charge on any atom is -0.311 e. The second-order valence-corrected chi connectivity index (χ2v) is 38.2. The molecule has 4 heterocycles. The number of anilines is 6. The van der Waals surface area contributed by atoms with E-state index in [4.69, 9.17) is 0 Å². The highest BCUT2D eigenvalue weighted by Gasteiger charge is 2.25. The lowest BCUT2D eigenvalue weighted by molar-refractivity contribution is 1.18. The van der Waals surface area contributed by atoms with Gasteiger partial charge in [0, 0.05) is 99.7 Å². The van der Waals surface area contributed by atoms with Gasteiger partial charge < -0.3 is 28.1 Å². The number of para-hydroxylation sites is 8. The third kappa shape index (κ3) is 16.0. The van der Waals surface area contributed by atoms with Gasteiger partial charge in [0.2, 0.25) is 0 Å². The van der Waals surface area contributed by atoms with E-state index < -0.39 is 0 Å². The Morgan fingerprint density at radius 2 is 0.311 bits per heavy atom. The molecule has 0 aliphatic carbocycles. The molecule has 0 atom stereocenters. The zero-order valence-corrected chi connectivity index (χ0v) is 81.1. The van der Waals surface area contributed by atoms with Crippen LogP contribution in [0.15, 0.2) is 582 Å². The average Bonchev–Trinajstić information content (AvgIpc) is 1.59. The summed E-state index contributed by atoms with van der Waals surface area (Å²) >= 11 is 0. The molecule has 0 spiro atoms. The predicted octanol–water partition coefficient (Wildman–Crippen LogP) is 38.9. The van der Waals surface area contributed by atoms with Crippen molar-refractivity contribution in [1.82, 2.24) is 18.3 Å². The largest absolute Gasteiger partial charge is 0.311 e.